The van der Waals surface area contributed by atoms with Gasteiger partial charge in [0.1, 0.15) is 11.6 Å². The highest BCUT2D eigenvalue weighted by molar-refractivity contribution is 6.30. The van der Waals surface area contributed by atoms with E-state index in [0.29, 0.717) is 18.7 Å². The van der Waals surface area contributed by atoms with Crippen molar-refractivity contribution in [1.29, 1.82) is 0 Å². The first kappa shape index (κ1) is 13.7. The minimum atomic E-state index is 0.305. The molecule has 1 heterocycles. The molecule has 1 N–H and O–H groups in total. The molecule has 0 aliphatic carbocycles. The Balaban J connectivity index is 1.83. The van der Waals surface area contributed by atoms with Gasteiger partial charge in [0.15, 0.2) is 0 Å². The maximum atomic E-state index is 9.88. The average Bonchev–Trinajstić information content (AvgIpc) is 2.89. The first-order valence-electron chi connectivity index (χ1n) is 6.74. The Labute approximate surface area is 128 Å². The van der Waals surface area contributed by atoms with Gasteiger partial charge in [-0.2, -0.15) is 0 Å². The number of phenolic OH excluding ortho intramolecular Hbond substituents is 1. The Kier molecular flexibility index (Phi) is 3.93. The van der Waals surface area contributed by atoms with Crippen LogP contribution >= 0.6 is 11.6 Å². The number of aromatic nitrogens is 2. The number of benzene rings is 2. The van der Waals surface area contributed by atoms with Crippen molar-refractivity contribution in [2.24, 2.45) is 0 Å². The van der Waals surface area contributed by atoms with Crippen LogP contribution in [0.1, 0.15) is 17.0 Å². The molecule has 2 aromatic carbocycles. The summed E-state index contributed by atoms with van der Waals surface area (Å²) in [6, 6.07) is 15.1. The number of hydrogen-bond acceptors (Lipinski definition) is 2. The number of para-hydroxylation sites is 1. The highest BCUT2D eigenvalue weighted by Gasteiger charge is 2.07. The third-order valence-electron chi connectivity index (χ3n) is 3.39. The number of aromatic hydroxyl groups is 1. The van der Waals surface area contributed by atoms with E-state index in [9.17, 15) is 5.11 Å². The summed E-state index contributed by atoms with van der Waals surface area (Å²) in [5.41, 5.74) is 2.00. The van der Waals surface area contributed by atoms with Crippen molar-refractivity contribution in [2.45, 2.75) is 13.0 Å². The van der Waals surface area contributed by atoms with E-state index >= 15 is 0 Å². The van der Waals surface area contributed by atoms with Crippen LogP contribution in [0.4, 0.5) is 0 Å². The van der Waals surface area contributed by atoms with Gasteiger partial charge < -0.3 is 9.67 Å². The van der Waals surface area contributed by atoms with E-state index < -0.39 is 0 Å². The molecule has 0 bridgehead atoms. The summed E-state index contributed by atoms with van der Waals surface area (Å²) >= 11 is 6.02. The minimum absolute atomic E-state index is 0.305. The molecule has 0 aliphatic rings. The third kappa shape index (κ3) is 3.26. The van der Waals surface area contributed by atoms with E-state index in [1.54, 1.807) is 12.3 Å². The fourth-order valence-corrected chi connectivity index (χ4v) is 2.52. The first-order valence-corrected chi connectivity index (χ1v) is 7.11. The zero-order chi connectivity index (χ0) is 14.7. The van der Waals surface area contributed by atoms with Crippen LogP contribution < -0.4 is 0 Å². The second kappa shape index (κ2) is 6.02. The summed E-state index contributed by atoms with van der Waals surface area (Å²) in [6.45, 7) is 0.600. The number of imidazole rings is 1. The van der Waals surface area contributed by atoms with Crippen LogP contribution in [0, 0.1) is 0 Å². The standard InChI is InChI=1S/C17H15ClN2O/c18-15-6-3-4-13(10-15)11-17-19-8-9-20(17)12-14-5-1-2-7-16(14)21/h1-10,21H,11-12H2. The summed E-state index contributed by atoms with van der Waals surface area (Å²) in [5, 5.41) is 10.6. The Bertz CT molecular complexity index is 752. The Morgan fingerprint density at radius 2 is 1.95 bits per heavy atom. The molecule has 3 aromatic rings. The van der Waals surface area contributed by atoms with Gasteiger partial charge in [-0.3, -0.25) is 0 Å². The molecule has 0 spiro atoms. The van der Waals surface area contributed by atoms with E-state index in [0.717, 1.165) is 22.0 Å². The number of hydrogen-bond donors (Lipinski definition) is 1. The second-order valence-corrected chi connectivity index (χ2v) is 5.34. The zero-order valence-electron chi connectivity index (χ0n) is 11.4. The van der Waals surface area contributed by atoms with Crippen molar-refractivity contribution in [1.82, 2.24) is 9.55 Å². The van der Waals surface area contributed by atoms with Crippen LogP contribution in [0.2, 0.25) is 5.02 Å². The molecule has 0 saturated heterocycles. The van der Waals surface area contributed by atoms with Crippen molar-refractivity contribution in [3.63, 3.8) is 0 Å². The van der Waals surface area contributed by atoms with Crippen molar-refractivity contribution >= 4 is 11.6 Å². The van der Waals surface area contributed by atoms with Crippen LogP contribution in [0.5, 0.6) is 5.75 Å². The van der Waals surface area contributed by atoms with Crippen molar-refractivity contribution in [2.75, 3.05) is 0 Å². The van der Waals surface area contributed by atoms with Gasteiger partial charge in [-0.05, 0) is 23.8 Å². The largest absolute Gasteiger partial charge is 0.508 e. The predicted octanol–water partition coefficient (Wildman–Crippen LogP) is 3.88. The van der Waals surface area contributed by atoms with E-state index in [1.165, 1.54) is 0 Å². The van der Waals surface area contributed by atoms with Gasteiger partial charge >= 0.3 is 0 Å². The van der Waals surface area contributed by atoms with E-state index in [4.69, 9.17) is 11.6 Å². The summed E-state index contributed by atoms with van der Waals surface area (Å²) in [7, 11) is 0. The van der Waals surface area contributed by atoms with Crippen molar-refractivity contribution in [3.05, 3.63) is 82.9 Å². The van der Waals surface area contributed by atoms with Crippen LogP contribution in [0.3, 0.4) is 0 Å². The molecule has 0 amide bonds. The van der Waals surface area contributed by atoms with Gasteiger partial charge in [-0.1, -0.05) is 41.9 Å². The lowest BCUT2D eigenvalue weighted by atomic mass is 10.1. The fourth-order valence-electron chi connectivity index (χ4n) is 2.31. The second-order valence-electron chi connectivity index (χ2n) is 4.91. The molecule has 106 valence electrons. The SMILES string of the molecule is Oc1ccccc1Cn1ccnc1Cc1cccc(Cl)c1. The molecule has 0 radical (unpaired) electrons. The van der Waals surface area contributed by atoms with Crippen LogP contribution in [0.15, 0.2) is 60.9 Å². The van der Waals surface area contributed by atoms with Gasteiger partial charge in [0, 0.05) is 29.4 Å². The van der Waals surface area contributed by atoms with Gasteiger partial charge in [0.2, 0.25) is 0 Å². The molecule has 21 heavy (non-hydrogen) atoms. The van der Waals surface area contributed by atoms with Gasteiger partial charge in [-0.15, -0.1) is 0 Å². The minimum Gasteiger partial charge on any atom is -0.508 e. The summed E-state index contributed by atoms with van der Waals surface area (Å²) in [4.78, 5) is 4.41. The van der Waals surface area contributed by atoms with Crippen LogP contribution in [-0.2, 0) is 13.0 Å². The lowest BCUT2D eigenvalue weighted by Gasteiger charge is -2.09. The molecule has 0 aliphatic heterocycles. The van der Waals surface area contributed by atoms with E-state index in [-0.39, 0.29) is 0 Å². The molecule has 3 rings (SSSR count). The quantitative estimate of drug-likeness (QED) is 0.794. The van der Waals surface area contributed by atoms with Crippen LogP contribution in [-0.4, -0.2) is 14.7 Å². The van der Waals surface area contributed by atoms with Crippen molar-refractivity contribution < 1.29 is 5.11 Å². The predicted molar refractivity (Wildman–Crippen MR) is 83.7 cm³/mol. The highest BCUT2D eigenvalue weighted by atomic mass is 35.5. The molecule has 0 saturated carbocycles. The topological polar surface area (TPSA) is 38.0 Å². The van der Waals surface area contributed by atoms with Crippen molar-refractivity contribution in [3.8, 4) is 5.75 Å². The summed E-state index contributed by atoms with van der Waals surface area (Å²) in [5.74, 6) is 1.25. The molecule has 0 fully saturated rings. The fraction of sp³-hybridized carbons (Fsp3) is 0.118. The maximum absolute atomic E-state index is 9.88. The van der Waals surface area contributed by atoms with Gasteiger partial charge in [0.25, 0.3) is 0 Å². The summed E-state index contributed by atoms with van der Waals surface area (Å²) < 4.78 is 2.04. The molecule has 3 nitrogen and oxygen atoms in total. The first-order chi connectivity index (χ1) is 10.2. The normalized spacial score (nSPS) is 10.7. The number of rotatable bonds is 4. The Morgan fingerprint density at radius 3 is 2.76 bits per heavy atom. The van der Waals surface area contributed by atoms with E-state index in [2.05, 4.69) is 4.98 Å². The molecule has 1 aromatic heterocycles. The maximum Gasteiger partial charge on any atom is 0.120 e. The summed E-state index contributed by atoms with van der Waals surface area (Å²) in [6.07, 6.45) is 4.41. The van der Waals surface area contributed by atoms with E-state index in [1.807, 2.05) is 53.2 Å². The monoisotopic (exact) mass is 298 g/mol. The van der Waals surface area contributed by atoms with Gasteiger partial charge in [-0.25, -0.2) is 4.98 Å². The molecule has 0 atom stereocenters. The lowest BCUT2D eigenvalue weighted by Crippen LogP contribution is -2.05. The molecular weight excluding hydrogens is 284 g/mol. The number of halogens is 1. The van der Waals surface area contributed by atoms with Gasteiger partial charge in [0.05, 0.1) is 6.54 Å². The van der Waals surface area contributed by atoms with Crippen LogP contribution in [0.25, 0.3) is 0 Å². The molecule has 0 unspecified atom stereocenters. The highest BCUT2D eigenvalue weighted by Crippen LogP contribution is 2.19. The zero-order valence-corrected chi connectivity index (χ0v) is 12.2. The third-order valence-corrected chi connectivity index (χ3v) is 3.62. The Morgan fingerprint density at radius 1 is 1.10 bits per heavy atom. The lowest BCUT2D eigenvalue weighted by molar-refractivity contribution is 0.465. The smallest absolute Gasteiger partial charge is 0.120 e. The molecule has 4 heteroatoms. The average molecular weight is 299 g/mol. The Hall–Kier alpha value is -2.26. The number of phenols is 1. The molecular formula is C17H15ClN2O. The number of nitrogens with zero attached hydrogens (tertiary/aromatic N) is 2.